The van der Waals surface area contributed by atoms with Crippen LogP contribution in [0.15, 0.2) is 36.5 Å². The first-order valence-electron chi connectivity index (χ1n) is 14.5. The fourth-order valence-corrected chi connectivity index (χ4v) is 4.11. The van der Waals surface area contributed by atoms with E-state index in [-0.39, 0.29) is 0 Å². The average molecular weight is 497 g/mol. The van der Waals surface area contributed by atoms with E-state index in [9.17, 15) is 9.90 Å². The van der Waals surface area contributed by atoms with E-state index in [1.54, 1.807) is 12.2 Å². The number of unbranched alkanes of at least 4 members (excludes halogenated alkanes) is 19. The van der Waals surface area contributed by atoms with Crippen LogP contribution in [0.3, 0.4) is 0 Å². The Morgan fingerprint density at radius 2 is 0.972 bits per heavy atom. The smallest absolute Gasteiger partial charge is 0.382 e. The van der Waals surface area contributed by atoms with Crippen LogP contribution in [0.25, 0.3) is 0 Å². The fourth-order valence-electron chi connectivity index (χ4n) is 4.11. The van der Waals surface area contributed by atoms with Crippen LogP contribution in [0.4, 0.5) is 0 Å². The molecule has 0 aliphatic heterocycles. The van der Waals surface area contributed by atoms with Gasteiger partial charge in [-0.1, -0.05) is 120 Å². The van der Waals surface area contributed by atoms with Gasteiger partial charge in [0.05, 0.1) is 0 Å². The predicted octanol–water partition coefficient (Wildman–Crippen LogP) is 8.93. The van der Waals surface area contributed by atoms with Gasteiger partial charge in [-0.05, 0) is 63.5 Å². The Balaban J connectivity index is 3.21. The highest BCUT2D eigenvalue weighted by Crippen LogP contribution is 2.13. The summed E-state index contributed by atoms with van der Waals surface area (Å²) in [5.74, 6) is 5.81. The van der Waals surface area contributed by atoms with E-state index < -0.39 is 12.1 Å². The summed E-state index contributed by atoms with van der Waals surface area (Å²) in [5.41, 5.74) is 0. The molecule has 0 rings (SSSR count). The quantitative estimate of drug-likeness (QED) is 0.0796. The number of aliphatic hydroxyl groups excluding tert-OH is 1. The second kappa shape index (κ2) is 29.0. The minimum Gasteiger partial charge on any atom is -0.472 e. The van der Waals surface area contributed by atoms with Crippen LogP contribution >= 0.6 is 0 Å². The van der Waals surface area contributed by atoms with E-state index >= 15 is 0 Å². The lowest BCUT2D eigenvalue weighted by Gasteiger charge is -2.02. The van der Waals surface area contributed by atoms with Gasteiger partial charge in [0.2, 0.25) is 0 Å². The highest BCUT2D eigenvalue weighted by atomic mass is 16.4. The van der Waals surface area contributed by atoms with E-state index in [2.05, 4.69) is 29.9 Å². The molecule has 202 valence electrons. The maximum Gasteiger partial charge on any atom is 0.382 e. The molecule has 2 N–H and O–H groups in total. The van der Waals surface area contributed by atoms with Crippen LogP contribution in [0, 0.1) is 24.2 Å². The molecule has 0 aromatic heterocycles. The molecule has 1 atom stereocenters. The SMILES string of the molecule is C#C[C@H](O)/C=C/CCCCCCCCCCCC/C=C\CCCCCCCCC/C=C\C#CC(=O)O. The van der Waals surface area contributed by atoms with E-state index in [4.69, 9.17) is 11.5 Å². The number of carboxylic acid groups (broad SMARTS) is 1. The number of terminal acetylenes is 1. The van der Waals surface area contributed by atoms with Crippen molar-refractivity contribution in [2.24, 2.45) is 0 Å². The third kappa shape index (κ3) is 29.8. The lowest BCUT2D eigenvalue weighted by molar-refractivity contribution is -0.130. The molecule has 0 heterocycles. The molecule has 0 fully saturated rings. The van der Waals surface area contributed by atoms with Gasteiger partial charge in [-0.2, -0.15) is 0 Å². The van der Waals surface area contributed by atoms with Gasteiger partial charge in [0.15, 0.2) is 0 Å². The van der Waals surface area contributed by atoms with Crippen LogP contribution in [0.5, 0.6) is 0 Å². The van der Waals surface area contributed by atoms with Crippen molar-refractivity contribution in [1.29, 1.82) is 0 Å². The van der Waals surface area contributed by atoms with Crippen molar-refractivity contribution >= 4 is 5.97 Å². The van der Waals surface area contributed by atoms with Crippen molar-refractivity contribution in [3.63, 3.8) is 0 Å². The molecule has 0 aromatic carbocycles. The number of hydrogen-bond acceptors (Lipinski definition) is 2. The molecule has 0 saturated heterocycles. The Hall–Kier alpha value is -2.23. The van der Waals surface area contributed by atoms with Gasteiger partial charge < -0.3 is 10.2 Å². The topological polar surface area (TPSA) is 57.5 Å². The zero-order valence-corrected chi connectivity index (χ0v) is 22.8. The summed E-state index contributed by atoms with van der Waals surface area (Å²) in [6, 6.07) is 0. The summed E-state index contributed by atoms with van der Waals surface area (Å²) in [6.07, 6.45) is 43.3. The molecular weight excluding hydrogens is 444 g/mol. The molecular formula is C33H52O3. The third-order valence-electron chi connectivity index (χ3n) is 6.27. The molecule has 0 amide bonds. The molecule has 0 saturated carbocycles. The van der Waals surface area contributed by atoms with E-state index in [1.807, 2.05) is 12.2 Å². The van der Waals surface area contributed by atoms with Crippen LogP contribution in [-0.4, -0.2) is 22.3 Å². The van der Waals surface area contributed by atoms with Gasteiger partial charge in [-0.25, -0.2) is 4.79 Å². The van der Waals surface area contributed by atoms with E-state index in [1.165, 1.54) is 116 Å². The fraction of sp³-hybridized carbons (Fsp3) is 0.667. The van der Waals surface area contributed by atoms with Crippen molar-refractivity contribution in [2.45, 2.75) is 141 Å². The summed E-state index contributed by atoms with van der Waals surface area (Å²) in [6.45, 7) is 0. The summed E-state index contributed by atoms with van der Waals surface area (Å²) >= 11 is 0. The molecule has 0 aromatic rings. The van der Waals surface area contributed by atoms with E-state index in [0.717, 1.165) is 19.3 Å². The first kappa shape index (κ1) is 33.8. The summed E-state index contributed by atoms with van der Waals surface area (Å²) in [4.78, 5) is 10.2. The van der Waals surface area contributed by atoms with Crippen molar-refractivity contribution in [3.05, 3.63) is 36.5 Å². The van der Waals surface area contributed by atoms with Crippen molar-refractivity contribution < 1.29 is 15.0 Å². The number of carboxylic acids is 1. The Kier molecular flexibility index (Phi) is 27.2. The minimum atomic E-state index is -1.07. The Labute approximate surface area is 222 Å². The first-order valence-corrected chi connectivity index (χ1v) is 14.5. The lowest BCUT2D eigenvalue weighted by Crippen LogP contribution is -1.95. The monoisotopic (exact) mass is 496 g/mol. The minimum absolute atomic E-state index is 0.722. The van der Waals surface area contributed by atoms with Gasteiger partial charge in [0.1, 0.15) is 6.10 Å². The molecule has 0 bridgehead atoms. The second-order valence-electron chi connectivity index (χ2n) is 9.65. The molecule has 0 aliphatic carbocycles. The molecule has 0 aliphatic rings. The van der Waals surface area contributed by atoms with Gasteiger partial charge in [-0.3, -0.25) is 0 Å². The maximum atomic E-state index is 10.2. The second-order valence-corrected chi connectivity index (χ2v) is 9.65. The summed E-state index contributed by atoms with van der Waals surface area (Å²) in [5, 5.41) is 17.6. The number of rotatable bonds is 24. The molecule has 0 unspecified atom stereocenters. The van der Waals surface area contributed by atoms with Crippen LogP contribution < -0.4 is 0 Å². The number of hydrogen-bond donors (Lipinski definition) is 2. The average Bonchev–Trinajstić information content (AvgIpc) is 2.87. The standard InChI is InChI=1S/C33H52O3/c1-2-32(34)30-28-26-24-22-20-18-16-14-12-10-8-6-4-3-5-7-9-11-13-15-17-19-21-23-25-27-29-31-33(35)36/h1,3,5,25,27-28,30,32,34H,4,6-24,26H2,(H,35,36)/b5-3-,27-25-,30-28+/t32-/m0/s1. The van der Waals surface area contributed by atoms with Gasteiger partial charge in [-0.15, -0.1) is 6.42 Å². The molecule has 36 heavy (non-hydrogen) atoms. The third-order valence-corrected chi connectivity index (χ3v) is 6.27. The Morgan fingerprint density at radius 3 is 1.36 bits per heavy atom. The first-order chi connectivity index (χ1) is 17.7. The number of allylic oxidation sites excluding steroid dienone is 5. The summed E-state index contributed by atoms with van der Waals surface area (Å²) < 4.78 is 0. The normalized spacial score (nSPS) is 12.2. The van der Waals surface area contributed by atoms with Gasteiger partial charge in [0, 0.05) is 5.92 Å². The van der Waals surface area contributed by atoms with Gasteiger partial charge >= 0.3 is 5.97 Å². The van der Waals surface area contributed by atoms with Crippen molar-refractivity contribution in [1.82, 2.24) is 0 Å². The highest BCUT2D eigenvalue weighted by Gasteiger charge is 1.94. The highest BCUT2D eigenvalue weighted by molar-refractivity contribution is 5.86. The predicted molar refractivity (Wildman–Crippen MR) is 155 cm³/mol. The Morgan fingerprint density at radius 1 is 0.611 bits per heavy atom. The number of aliphatic hydroxyl groups is 1. The van der Waals surface area contributed by atoms with Crippen molar-refractivity contribution in [3.8, 4) is 24.2 Å². The van der Waals surface area contributed by atoms with Crippen molar-refractivity contribution in [2.75, 3.05) is 0 Å². The largest absolute Gasteiger partial charge is 0.472 e. The molecule has 0 spiro atoms. The molecule has 0 radical (unpaired) electrons. The van der Waals surface area contributed by atoms with E-state index in [0.29, 0.717) is 0 Å². The Bertz CT molecular complexity index is 684. The zero-order chi connectivity index (χ0) is 26.4. The van der Waals surface area contributed by atoms with Crippen LogP contribution in [0.2, 0.25) is 0 Å². The molecule has 3 nitrogen and oxygen atoms in total. The number of carbonyl (C=O) groups is 1. The van der Waals surface area contributed by atoms with Crippen LogP contribution in [-0.2, 0) is 4.79 Å². The lowest BCUT2D eigenvalue weighted by atomic mass is 10.0. The van der Waals surface area contributed by atoms with Gasteiger partial charge in [0.25, 0.3) is 0 Å². The van der Waals surface area contributed by atoms with Crippen LogP contribution in [0.1, 0.15) is 135 Å². The zero-order valence-electron chi connectivity index (χ0n) is 22.8. The summed E-state index contributed by atoms with van der Waals surface area (Å²) in [7, 11) is 0. The number of aliphatic carboxylic acids is 1. The maximum absolute atomic E-state index is 10.2. The molecule has 3 heteroatoms.